The number of hydrogen-bond donors (Lipinski definition) is 3. The molecule has 22 heavy (non-hydrogen) atoms. The van der Waals surface area contributed by atoms with Gasteiger partial charge >= 0.3 is 12.1 Å². The number of carbonyl (C=O) groups is 3. The fourth-order valence-corrected chi connectivity index (χ4v) is 2.24. The number of nitrogens with one attached hydrogen (secondary N) is 2. The standard InChI is InChI=1S/C13H17ClN2O5S/c1-13(2,3)21-12(20)16-8(11(18)19)5-15-10(17)7-4-9(14)22-6-7/h4,6,8H,5H2,1-3H3,(H,15,17)(H,16,20)(H,18,19). The molecular formula is C13H17ClN2O5S. The number of alkyl carbamates (subject to hydrolysis) is 1. The topological polar surface area (TPSA) is 105 Å². The van der Waals surface area contributed by atoms with E-state index in [0.717, 1.165) is 0 Å². The van der Waals surface area contributed by atoms with E-state index in [9.17, 15) is 14.4 Å². The summed E-state index contributed by atoms with van der Waals surface area (Å²) in [6.07, 6.45) is -0.868. The van der Waals surface area contributed by atoms with Crippen LogP contribution in [0.4, 0.5) is 4.79 Å². The summed E-state index contributed by atoms with van der Waals surface area (Å²) in [5, 5.41) is 15.2. The summed E-state index contributed by atoms with van der Waals surface area (Å²) in [4.78, 5) is 34.5. The van der Waals surface area contributed by atoms with Crippen molar-refractivity contribution in [1.82, 2.24) is 10.6 Å². The molecule has 0 aliphatic carbocycles. The number of thiophene rings is 1. The van der Waals surface area contributed by atoms with Gasteiger partial charge in [-0.1, -0.05) is 11.6 Å². The Morgan fingerprint density at radius 2 is 2.05 bits per heavy atom. The summed E-state index contributed by atoms with van der Waals surface area (Å²) >= 11 is 6.91. The summed E-state index contributed by atoms with van der Waals surface area (Å²) in [5.74, 6) is -1.75. The van der Waals surface area contributed by atoms with Crippen LogP contribution in [0.15, 0.2) is 11.4 Å². The fourth-order valence-electron chi connectivity index (χ4n) is 1.38. The van der Waals surface area contributed by atoms with Gasteiger partial charge in [0.15, 0.2) is 0 Å². The van der Waals surface area contributed by atoms with Crippen molar-refractivity contribution >= 4 is 40.9 Å². The van der Waals surface area contributed by atoms with Gasteiger partial charge in [-0.15, -0.1) is 11.3 Å². The maximum Gasteiger partial charge on any atom is 0.408 e. The Bertz CT molecular complexity index is 567. The van der Waals surface area contributed by atoms with Crippen molar-refractivity contribution in [2.75, 3.05) is 6.54 Å². The van der Waals surface area contributed by atoms with Gasteiger partial charge in [-0.05, 0) is 26.8 Å². The minimum Gasteiger partial charge on any atom is -0.480 e. The van der Waals surface area contributed by atoms with Crippen molar-refractivity contribution in [3.8, 4) is 0 Å². The normalized spacial score (nSPS) is 12.4. The summed E-state index contributed by atoms with van der Waals surface area (Å²) in [6.45, 7) is 4.69. The minimum atomic E-state index is -1.30. The van der Waals surface area contributed by atoms with Gasteiger partial charge in [0, 0.05) is 11.9 Å². The highest BCUT2D eigenvalue weighted by Crippen LogP contribution is 2.19. The van der Waals surface area contributed by atoms with Crippen molar-refractivity contribution in [3.05, 3.63) is 21.3 Å². The highest BCUT2D eigenvalue weighted by molar-refractivity contribution is 7.14. The minimum absolute atomic E-state index is 0.277. The van der Waals surface area contributed by atoms with Crippen LogP contribution in [0.2, 0.25) is 4.34 Å². The van der Waals surface area contributed by atoms with Crippen LogP contribution < -0.4 is 10.6 Å². The first-order valence-corrected chi connectivity index (χ1v) is 7.59. The molecule has 0 saturated heterocycles. The molecular weight excluding hydrogens is 332 g/mol. The zero-order chi connectivity index (χ0) is 16.9. The molecule has 0 fully saturated rings. The van der Waals surface area contributed by atoms with Crippen LogP contribution in [-0.2, 0) is 9.53 Å². The van der Waals surface area contributed by atoms with E-state index in [4.69, 9.17) is 21.4 Å². The first-order chi connectivity index (χ1) is 10.1. The lowest BCUT2D eigenvalue weighted by Crippen LogP contribution is -2.49. The molecule has 1 rings (SSSR count). The molecule has 0 saturated carbocycles. The predicted octanol–water partition coefficient (Wildman–Crippen LogP) is 2.11. The molecule has 1 aromatic heterocycles. The van der Waals surface area contributed by atoms with Crippen LogP contribution in [0.1, 0.15) is 31.1 Å². The van der Waals surface area contributed by atoms with Crippen molar-refractivity contribution < 1.29 is 24.2 Å². The number of rotatable bonds is 5. The van der Waals surface area contributed by atoms with E-state index in [-0.39, 0.29) is 6.54 Å². The summed E-state index contributed by atoms with van der Waals surface area (Å²) in [7, 11) is 0. The second kappa shape index (κ2) is 7.46. The molecule has 122 valence electrons. The first-order valence-electron chi connectivity index (χ1n) is 6.33. The number of carboxylic acids is 1. The van der Waals surface area contributed by atoms with Crippen LogP contribution in [0.25, 0.3) is 0 Å². The van der Waals surface area contributed by atoms with Crippen LogP contribution >= 0.6 is 22.9 Å². The van der Waals surface area contributed by atoms with Crippen molar-refractivity contribution in [1.29, 1.82) is 0 Å². The Morgan fingerprint density at radius 3 is 2.50 bits per heavy atom. The van der Waals surface area contributed by atoms with Gasteiger partial charge in [-0.25, -0.2) is 9.59 Å². The van der Waals surface area contributed by atoms with E-state index in [1.807, 2.05) is 0 Å². The van der Waals surface area contributed by atoms with Crippen LogP contribution in [-0.4, -0.2) is 41.3 Å². The number of amides is 2. The Labute approximate surface area is 136 Å². The molecule has 1 unspecified atom stereocenters. The van der Waals surface area contributed by atoms with E-state index in [2.05, 4.69) is 10.6 Å². The van der Waals surface area contributed by atoms with Crippen LogP contribution in [0.5, 0.6) is 0 Å². The average molecular weight is 349 g/mol. The zero-order valence-corrected chi connectivity index (χ0v) is 13.9. The molecule has 1 atom stereocenters. The van der Waals surface area contributed by atoms with E-state index in [0.29, 0.717) is 9.90 Å². The monoisotopic (exact) mass is 348 g/mol. The van der Waals surface area contributed by atoms with Crippen molar-refractivity contribution in [2.24, 2.45) is 0 Å². The van der Waals surface area contributed by atoms with Gasteiger partial charge in [-0.3, -0.25) is 4.79 Å². The second-order valence-electron chi connectivity index (χ2n) is 5.39. The molecule has 0 aliphatic rings. The van der Waals surface area contributed by atoms with Gasteiger partial charge in [-0.2, -0.15) is 0 Å². The lowest BCUT2D eigenvalue weighted by molar-refractivity contribution is -0.139. The number of aliphatic carboxylic acids is 1. The molecule has 2 amide bonds. The molecule has 0 aromatic carbocycles. The number of hydrogen-bond acceptors (Lipinski definition) is 5. The average Bonchev–Trinajstić information content (AvgIpc) is 2.78. The number of carbonyl (C=O) groups excluding carboxylic acids is 2. The molecule has 1 heterocycles. The van der Waals surface area contributed by atoms with Gasteiger partial charge in [0.1, 0.15) is 11.6 Å². The van der Waals surface area contributed by atoms with Gasteiger partial charge in [0.05, 0.1) is 9.90 Å². The predicted molar refractivity (Wildman–Crippen MR) is 82.5 cm³/mol. The van der Waals surface area contributed by atoms with E-state index in [1.54, 1.807) is 26.2 Å². The second-order valence-corrected chi connectivity index (χ2v) is 6.93. The fraction of sp³-hybridized carbons (Fsp3) is 0.462. The molecule has 9 heteroatoms. The lowest BCUT2D eigenvalue weighted by atomic mass is 10.2. The number of halogens is 1. The third-order valence-corrected chi connectivity index (χ3v) is 3.38. The molecule has 7 nitrogen and oxygen atoms in total. The Kier molecular flexibility index (Phi) is 6.19. The van der Waals surface area contributed by atoms with Gasteiger partial charge < -0.3 is 20.5 Å². The zero-order valence-electron chi connectivity index (χ0n) is 12.3. The number of carboxylic acid groups (broad SMARTS) is 1. The molecule has 0 radical (unpaired) electrons. The highest BCUT2D eigenvalue weighted by atomic mass is 35.5. The summed E-state index contributed by atoms with van der Waals surface area (Å²) in [6, 6.07) is 0.173. The highest BCUT2D eigenvalue weighted by Gasteiger charge is 2.24. The maximum atomic E-state index is 11.8. The van der Waals surface area contributed by atoms with E-state index >= 15 is 0 Å². The summed E-state index contributed by atoms with van der Waals surface area (Å²) in [5.41, 5.74) is -0.416. The van der Waals surface area contributed by atoms with Crippen LogP contribution in [0.3, 0.4) is 0 Å². The Morgan fingerprint density at radius 1 is 1.41 bits per heavy atom. The lowest BCUT2D eigenvalue weighted by Gasteiger charge is -2.22. The SMILES string of the molecule is CC(C)(C)OC(=O)NC(CNC(=O)c1csc(Cl)c1)C(=O)O. The third-order valence-electron chi connectivity index (χ3n) is 2.29. The molecule has 0 aliphatic heterocycles. The molecule has 0 bridgehead atoms. The molecule has 3 N–H and O–H groups in total. The third kappa shape index (κ3) is 6.31. The van der Waals surface area contributed by atoms with Crippen molar-refractivity contribution in [2.45, 2.75) is 32.4 Å². The quantitative estimate of drug-likeness (QED) is 0.755. The maximum absolute atomic E-state index is 11.8. The summed E-state index contributed by atoms with van der Waals surface area (Å²) < 4.78 is 5.42. The largest absolute Gasteiger partial charge is 0.480 e. The number of ether oxygens (including phenoxy) is 1. The Hall–Kier alpha value is -1.80. The van der Waals surface area contributed by atoms with E-state index < -0.39 is 29.6 Å². The molecule has 0 spiro atoms. The molecule has 1 aromatic rings. The first kappa shape index (κ1) is 18.2. The Balaban J connectivity index is 2.56. The van der Waals surface area contributed by atoms with E-state index in [1.165, 1.54) is 17.4 Å². The smallest absolute Gasteiger partial charge is 0.408 e. The van der Waals surface area contributed by atoms with Crippen LogP contribution in [0, 0.1) is 0 Å². The van der Waals surface area contributed by atoms with Crippen molar-refractivity contribution in [3.63, 3.8) is 0 Å². The van der Waals surface area contributed by atoms with Gasteiger partial charge in [0.25, 0.3) is 5.91 Å². The van der Waals surface area contributed by atoms with Gasteiger partial charge in [0.2, 0.25) is 0 Å².